The molecule has 0 bridgehead atoms. The molecule has 0 aliphatic heterocycles. The van der Waals surface area contributed by atoms with Crippen molar-refractivity contribution in [3.8, 4) is 28.5 Å². The lowest BCUT2D eigenvalue weighted by Crippen LogP contribution is -2.17. The molecule has 0 saturated carbocycles. The summed E-state index contributed by atoms with van der Waals surface area (Å²) in [6, 6.07) is 24.9. The van der Waals surface area contributed by atoms with Gasteiger partial charge < -0.3 is 15.2 Å². The van der Waals surface area contributed by atoms with Gasteiger partial charge in [0.1, 0.15) is 5.75 Å². The molecule has 4 rings (SSSR count). The van der Waals surface area contributed by atoms with Crippen LogP contribution in [0.3, 0.4) is 0 Å². The van der Waals surface area contributed by atoms with Crippen molar-refractivity contribution in [2.24, 2.45) is 5.73 Å². The summed E-state index contributed by atoms with van der Waals surface area (Å²) in [5, 5.41) is 0. The van der Waals surface area contributed by atoms with Crippen LogP contribution in [0, 0.1) is 0 Å². The fraction of sp³-hybridized carbons (Fsp3) is 0.148. The minimum Gasteiger partial charge on any atom is -0.490 e. The van der Waals surface area contributed by atoms with E-state index in [-0.39, 0.29) is 18.2 Å². The molecule has 0 aliphatic carbocycles. The minimum absolute atomic E-state index is 0.152. The Balaban J connectivity index is 1.64. The lowest BCUT2D eigenvalue weighted by molar-refractivity contribution is -0.118. The first-order valence-corrected chi connectivity index (χ1v) is 10.8. The zero-order chi connectivity index (χ0) is 23.0. The van der Waals surface area contributed by atoms with E-state index in [1.165, 1.54) is 0 Å². The Morgan fingerprint density at radius 2 is 1.70 bits per heavy atom. The number of hydrogen-bond donors (Lipinski definition) is 1. The zero-order valence-electron chi connectivity index (χ0n) is 18.3. The van der Waals surface area contributed by atoms with Crippen LogP contribution in [-0.2, 0) is 4.79 Å². The standard InChI is InChI=1S/C27H25N3O3/c1-2-32-25-13-6-7-14-26(25)33-21-12-8-11-20(15-21)23-17-29-18-24(30-23)22(16-27(28)31)19-9-4-3-5-10-19/h3-15,17-18,22H,2,16H2,1H3,(H2,28,31). The molecule has 6 heteroatoms. The summed E-state index contributed by atoms with van der Waals surface area (Å²) in [4.78, 5) is 21.0. The summed E-state index contributed by atoms with van der Waals surface area (Å²) < 4.78 is 11.7. The molecule has 6 nitrogen and oxygen atoms in total. The maximum Gasteiger partial charge on any atom is 0.218 e. The highest BCUT2D eigenvalue weighted by atomic mass is 16.5. The van der Waals surface area contributed by atoms with E-state index in [1.807, 2.05) is 85.8 Å². The minimum atomic E-state index is -0.389. The van der Waals surface area contributed by atoms with E-state index in [1.54, 1.807) is 12.4 Å². The van der Waals surface area contributed by atoms with Crippen LogP contribution in [0.1, 0.15) is 30.5 Å². The Morgan fingerprint density at radius 3 is 2.45 bits per heavy atom. The van der Waals surface area contributed by atoms with Gasteiger partial charge in [-0.1, -0.05) is 54.6 Å². The van der Waals surface area contributed by atoms with E-state index < -0.39 is 0 Å². The van der Waals surface area contributed by atoms with E-state index in [0.717, 1.165) is 11.1 Å². The molecule has 0 fully saturated rings. The first kappa shape index (κ1) is 22.0. The largest absolute Gasteiger partial charge is 0.490 e. The molecule has 3 aromatic carbocycles. The highest BCUT2D eigenvalue weighted by Crippen LogP contribution is 2.33. The van der Waals surface area contributed by atoms with Crippen molar-refractivity contribution < 1.29 is 14.3 Å². The molecule has 0 saturated heterocycles. The van der Waals surface area contributed by atoms with Crippen molar-refractivity contribution >= 4 is 5.91 Å². The molecule has 1 amide bonds. The van der Waals surface area contributed by atoms with Crippen LogP contribution in [0.2, 0.25) is 0 Å². The van der Waals surface area contributed by atoms with Crippen LogP contribution in [0.4, 0.5) is 0 Å². The normalized spacial score (nSPS) is 11.5. The molecule has 1 heterocycles. The van der Waals surface area contributed by atoms with Gasteiger partial charge in [-0.15, -0.1) is 0 Å². The van der Waals surface area contributed by atoms with E-state index in [0.29, 0.717) is 35.2 Å². The van der Waals surface area contributed by atoms with Crippen molar-refractivity contribution in [1.82, 2.24) is 9.97 Å². The molecule has 4 aromatic rings. The van der Waals surface area contributed by atoms with Gasteiger partial charge in [0.25, 0.3) is 0 Å². The van der Waals surface area contributed by atoms with Crippen molar-refractivity contribution in [2.45, 2.75) is 19.3 Å². The molecule has 1 atom stereocenters. The second kappa shape index (κ2) is 10.4. The number of amides is 1. The Kier molecular flexibility index (Phi) is 6.95. The van der Waals surface area contributed by atoms with E-state index in [4.69, 9.17) is 20.2 Å². The predicted octanol–water partition coefficient (Wildman–Crippen LogP) is 5.34. The monoisotopic (exact) mass is 439 g/mol. The van der Waals surface area contributed by atoms with Gasteiger partial charge in [0, 0.05) is 24.1 Å². The van der Waals surface area contributed by atoms with Crippen LogP contribution in [0.15, 0.2) is 91.3 Å². The van der Waals surface area contributed by atoms with E-state index >= 15 is 0 Å². The number of nitrogens with two attached hydrogens (primary N) is 1. The van der Waals surface area contributed by atoms with Gasteiger partial charge in [-0.3, -0.25) is 9.78 Å². The smallest absolute Gasteiger partial charge is 0.218 e. The summed E-state index contributed by atoms with van der Waals surface area (Å²) in [6.45, 7) is 2.49. The fourth-order valence-corrected chi connectivity index (χ4v) is 3.62. The average molecular weight is 440 g/mol. The summed E-state index contributed by atoms with van der Waals surface area (Å²) in [5.74, 6) is 1.32. The molecular weight excluding hydrogens is 414 g/mol. The van der Waals surface area contributed by atoms with Crippen molar-refractivity contribution in [2.75, 3.05) is 6.61 Å². The number of benzene rings is 3. The quantitative estimate of drug-likeness (QED) is 0.380. The number of carbonyl (C=O) groups excluding carboxylic acids is 1. The summed E-state index contributed by atoms with van der Waals surface area (Å²) >= 11 is 0. The molecule has 1 unspecified atom stereocenters. The maximum atomic E-state index is 11.8. The molecule has 2 N–H and O–H groups in total. The SMILES string of the molecule is CCOc1ccccc1Oc1cccc(-c2cncc(C(CC(N)=O)c3ccccc3)n2)c1. The highest BCUT2D eigenvalue weighted by Gasteiger charge is 2.19. The van der Waals surface area contributed by atoms with Crippen LogP contribution in [0.5, 0.6) is 17.2 Å². The topological polar surface area (TPSA) is 87.3 Å². The van der Waals surface area contributed by atoms with Gasteiger partial charge in [0.15, 0.2) is 11.5 Å². The van der Waals surface area contributed by atoms with Gasteiger partial charge in [-0.25, -0.2) is 4.98 Å². The summed E-state index contributed by atoms with van der Waals surface area (Å²) in [6.07, 6.45) is 3.53. The van der Waals surface area contributed by atoms with E-state index in [9.17, 15) is 4.79 Å². The van der Waals surface area contributed by atoms with Gasteiger partial charge in [0.2, 0.25) is 5.91 Å². The fourth-order valence-electron chi connectivity index (χ4n) is 3.62. The lowest BCUT2D eigenvalue weighted by Gasteiger charge is -2.16. The second-order valence-corrected chi connectivity index (χ2v) is 7.47. The molecule has 33 heavy (non-hydrogen) atoms. The van der Waals surface area contributed by atoms with E-state index in [2.05, 4.69) is 4.98 Å². The Labute approximate surface area is 193 Å². The molecular formula is C27H25N3O3. The predicted molar refractivity (Wildman–Crippen MR) is 127 cm³/mol. The summed E-state index contributed by atoms with van der Waals surface area (Å²) in [7, 11) is 0. The third-order valence-electron chi connectivity index (χ3n) is 5.12. The Bertz CT molecular complexity index is 1230. The second-order valence-electron chi connectivity index (χ2n) is 7.47. The van der Waals surface area contributed by atoms with Crippen molar-refractivity contribution in [3.05, 3.63) is 103 Å². The molecule has 0 radical (unpaired) electrons. The zero-order valence-corrected chi connectivity index (χ0v) is 18.3. The highest BCUT2D eigenvalue weighted by molar-refractivity contribution is 5.75. The lowest BCUT2D eigenvalue weighted by atomic mass is 9.92. The first-order valence-electron chi connectivity index (χ1n) is 10.8. The number of ether oxygens (including phenoxy) is 2. The Hall–Kier alpha value is -4.19. The number of nitrogens with zero attached hydrogens (tertiary/aromatic N) is 2. The first-order chi connectivity index (χ1) is 16.1. The molecule has 0 aliphatic rings. The summed E-state index contributed by atoms with van der Waals surface area (Å²) in [5.41, 5.74) is 8.71. The number of hydrogen-bond acceptors (Lipinski definition) is 5. The van der Waals surface area contributed by atoms with Crippen LogP contribution < -0.4 is 15.2 Å². The molecule has 0 spiro atoms. The number of rotatable bonds is 9. The van der Waals surface area contributed by atoms with Gasteiger partial charge >= 0.3 is 0 Å². The van der Waals surface area contributed by atoms with Crippen molar-refractivity contribution in [1.29, 1.82) is 0 Å². The van der Waals surface area contributed by atoms with Gasteiger partial charge in [-0.2, -0.15) is 0 Å². The van der Waals surface area contributed by atoms with Crippen LogP contribution >= 0.6 is 0 Å². The number of carbonyl (C=O) groups is 1. The van der Waals surface area contributed by atoms with Crippen LogP contribution in [-0.4, -0.2) is 22.5 Å². The van der Waals surface area contributed by atoms with Crippen LogP contribution in [0.25, 0.3) is 11.3 Å². The van der Waals surface area contributed by atoms with Crippen molar-refractivity contribution in [3.63, 3.8) is 0 Å². The third kappa shape index (κ3) is 5.54. The van der Waals surface area contributed by atoms with Gasteiger partial charge in [0.05, 0.1) is 24.2 Å². The number of primary amides is 1. The number of para-hydroxylation sites is 2. The average Bonchev–Trinajstić information content (AvgIpc) is 2.85. The third-order valence-corrected chi connectivity index (χ3v) is 5.12. The number of aromatic nitrogens is 2. The molecule has 166 valence electrons. The molecule has 1 aromatic heterocycles. The maximum absolute atomic E-state index is 11.8. The Morgan fingerprint density at radius 1 is 0.939 bits per heavy atom. The van der Waals surface area contributed by atoms with Gasteiger partial charge in [-0.05, 0) is 36.8 Å².